The van der Waals surface area contributed by atoms with E-state index in [1.54, 1.807) is 13.3 Å². The van der Waals surface area contributed by atoms with Gasteiger partial charge in [-0.15, -0.1) is 0 Å². The van der Waals surface area contributed by atoms with Gasteiger partial charge in [0.1, 0.15) is 11.6 Å². The number of nitrogens with zero attached hydrogens (tertiary/aromatic N) is 4. The number of piperazine rings is 1. The SMILES string of the molecule is COc1ccc(-n2ccnc2CN2CCN(C)C3CS(=O)(=O)CC32)cc1. The highest BCUT2D eigenvalue weighted by molar-refractivity contribution is 7.91. The summed E-state index contributed by atoms with van der Waals surface area (Å²) in [5, 5.41) is 0. The van der Waals surface area contributed by atoms with E-state index in [2.05, 4.69) is 19.4 Å². The first-order valence-electron chi connectivity index (χ1n) is 8.78. The second kappa shape index (κ2) is 6.68. The average Bonchev–Trinajstić information content (AvgIpc) is 3.21. The molecule has 2 aliphatic rings. The van der Waals surface area contributed by atoms with Crippen molar-refractivity contribution in [2.75, 3.05) is 38.8 Å². The van der Waals surface area contributed by atoms with Gasteiger partial charge >= 0.3 is 0 Å². The third-order valence-corrected chi connectivity index (χ3v) is 7.18. The van der Waals surface area contributed by atoms with Crippen LogP contribution in [0.5, 0.6) is 5.75 Å². The molecule has 0 amide bonds. The van der Waals surface area contributed by atoms with Gasteiger partial charge in [-0.1, -0.05) is 0 Å². The number of rotatable bonds is 4. The minimum atomic E-state index is -2.97. The van der Waals surface area contributed by atoms with Crippen LogP contribution in [0.15, 0.2) is 36.7 Å². The van der Waals surface area contributed by atoms with Crippen LogP contribution < -0.4 is 4.74 Å². The molecule has 4 rings (SSSR count). The maximum Gasteiger partial charge on any atom is 0.153 e. The standard InChI is InChI=1S/C18H24N4O3S/c1-20-9-10-21(17-13-26(23,24)12-16(17)20)11-18-19-7-8-22(18)14-3-5-15(25-2)6-4-14/h3-8,16-17H,9-13H2,1-2H3. The highest BCUT2D eigenvalue weighted by Crippen LogP contribution is 2.27. The highest BCUT2D eigenvalue weighted by Gasteiger charge is 2.45. The fourth-order valence-electron chi connectivity index (χ4n) is 4.01. The predicted octanol–water partition coefficient (Wildman–Crippen LogP) is 0.794. The van der Waals surface area contributed by atoms with Gasteiger partial charge in [-0.05, 0) is 31.3 Å². The van der Waals surface area contributed by atoms with Crippen LogP contribution in [0.1, 0.15) is 5.82 Å². The Hall–Kier alpha value is -1.90. The van der Waals surface area contributed by atoms with Crippen molar-refractivity contribution in [1.29, 1.82) is 0 Å². The predicted molar refractivity (Wildman–Crippen MR) is 99.4 cm³/mol. The van der Waals surface area contributed by atoms with Gasteiger partial charge in [0.15, 0.2) is 9.84 Å². The second-order valence-electron chi connectivity index (χ2n) is 7.07. The van der Waals surface area contributed by atoms with Crippen molar-refractivity contribution >= 4 is 9.84 Å². The van der Waals surface area contributed by atoms with Gasteiger partial charge in [-0.3, -0.25) is 9.80 Å². The van der Waals surface area contributed by atoms with Crippen LogP contribution in [0.25, 0.3) is 5.69 Å². The monoisotopic (exact) mass is 376 g/mol. The zero-order valence-corrected chi connectivity index (χ0v) is 15.9. The van der Waals surface area contributed by atoms with E-state index < -0.39 is 9.84 Å². The Kier molecular flexibility index (Phi) is 4.50. The fraction of sp³-hybridized carbons (Fsp3) is 0.500. The molecule has 2 aliphatic heterocycles. The first-order chi connectivity index (χ1) is 12.5. The summed E-state index contributed by atoms with van der Waals surface area (Å²) < 4.78 is 31.6. The van der Waals surface area contributed by atoms with Crippen molar-refractivity contribution in [3.63, 3.8) is 0 Å². The molecule has 0 saturated carbocycles. The number of methoxy groups -OCH3 is 1. The molecule has 0 aliphatic carbocycles. The van der Waals surface area contributed by atoms with Crippen molar-refractivity contribution in [3.8, 4) is 11.4 Å². The fourth-order valence-corrected chi connectivity index (χ4v) is 6.09. The second-order valence-corrected chi connectivity index (χ2v) is 9.23. The highest BCUT2D eigenvalue weighted by atomic mass is 32.2. The summed E-state index contributed by atoms with van der Waals surface area (Å²) in [5.41, 5.74) is 1.02. The lowest BCUT2D eigenvalue weighted by Gasteiger charge is -2.42. The molecule has 0 bridgehead atoms. The maximum atomic E-state index is 12.2. The van der Waals surface area contributed by atoms with E-state index in [1.165, 1.54) is 0 Å². The number of hydrogen-bond acceptors (Lipinski definition) is 6. The Balaban J connectivity index is 1.57. The van der Waals surface area contributed by atoms with Crippen molar-refractivity contribution in [1.82, 2.24) is 19.4 Å². The van der Waals surface area contributed by atoms with Crippen LogP contribution in [-0.4, -0.2) is 78.6 Å². The lowest BCUT2D eigenvalue weighted by atomic mass is 10.1. The molecule has 2 saturated heterocycles. The molecule has 2 fully saturated rings. The molecule has 3 heterocycles. The first-order valence-corrected chi connectivity index (χ1v) is 10.6. The smallest absolute Gasteiger partial charge is 0.153 e. The molecular formula is C18H24N4O3S. The average molecular weight is 376 g/mol. The third-order valence-electron chi connectivity index (χ3n) is 5.48. The van der Waals surface area contributed by atoms with E-state index in [0.29, 0.717) is 6.54 Å². The van der Waals surface area contributed by atoms with E-state index in [1.807, 2.05) is 37.5 Å². The number of likely N-dealkylation sites (N-methyl/N-ethyl adjacent to an activating group) is 1. The molecule has 7 nitrogen and oxygen atoms in total. The summed E-state index contributed by atoms with van der Waals surface area (Å²) in [5.74, 6) is 2.24. The van der Waals surface area contributed by atoms with Crippen molar-refractivity contribution in [2.45, 2.75) is 18.6 Å². The molecule has 2 unspecified atom stereocenters. The molecule has 1 aromatic heterocycles. The van der Waals surface area contributed by atoms with E-state index in [0.717, 1.165) is 30.4 Å². The minimum Gasteiger partial charge on any atom is -0.497 e. The van der Waals surface area contributed by atoms with Gasteiger partial charge in [-0.2, -0.15) is 0 Å². The summed E-state index contributed by atoms with van der Waals surface area (Å²) in [6.07, 6.45) is 3.73. The molecule has 140 valence electrons. The summed E-state index contributed by atoms with van der Waals surface area (Å²) in [7, 11) is 0.704. The molecule has 26 heavy (non-hydrogen) atoms. The Bertz CT molecular complexity index is 878. The van der Waals surface area contributed by atoms with Crippen molar-refractivity contribution < 1.29 is 13.2 Å². The molecule has 2 atom stereocenters. The molecule has 0 spiro atoms. The van der Waals surface area contributed by atoms with Crippen LogP contribution in [0.4, 0.5) is 0 Å². The summed E-state index contributed by atoms with van der Waals surface area (Å²) in [6, 6.07) is 7.97. The number of benzene rings is 1. The lowest BCUT2D eigenvalue weighted by Crippen LogP contribution is -2.57. The largest absolute Gasteiger partial charge is 0.497 e. The van der Waals surface area contributed by atoms with Crippen LogP contribution in [0, 0.1) is 0 Å². The zero-order chi connectivity index (χ0) is 18.3. The Morgan fingerprint density at radius 2 is 1.88 bits per heavy atom. The maximum absolute atomic E-state index is 12.2. The molecule has 2 aromatic rings. The number of sulfone groups is 1. The van der Waals surface area contributed by atoms with E-state index in [9.17, 15) is 8.42 Å². The Labute approximate surface area is 154 Å². The van der Waals surface area contributed by atoms with Gasteiger partial charge in [0.25, 0.3) is 0 Å². The van der Waals surface area contributed by atoms with Crippen LogP contribution in [0.3, 0.4) is 0 Å². The van der Waals surface area contributed by atoms with Gasteiger partial charge in [-0.25, -0.2) is 13.4 Å². The minimum absolute atomic E-state index is 0.0415. The van der Waals surface area contributed by atoms with Gasteiger partial charge < -0.3 is 9.30 Å². The van der Waals surface area contributed by atoms with E-state index in [4.69, 9.17) is 4.74 Å². The lowest BCUT2D eigenvalue weighted by molar-refractivity contribution is 0.0552. The molecule has 1 aromatic carbocycles. The van der Waals surface area contributed by atoms with Crippen LogP contribution in [-0.2, 0) is 16.4 Å². The van der Waals surface area contributed by atoms with E-state index >= 15 is 0 Å². The summed E-state index contributed by atoms with van der Waals surface area (Å²) in [6.45, 7) is 2.37. The molecular weight excluding hydrogens is 352 g/mol. The Morgan fingerprint density at radius 3 is 2.62 bits per heavy atom. The molecule has 0 radical (unpaired) electrons. The van der Waals surface area contributed by atoms with E-state index in [-0.39, 0.29) is 23.6 Å². The van der Waals surface area contributed by atoms with Gasteiger partial charge in [0.05, 0.1) is 25.2 Å². The van der Waals surface area contributed by atoms with Crippen LogP contribution in [0.2, 0.25) is 0 Å². The first kappa shape index (κ1) is 17.5. The topological polar surface area (TPSA) is 67.7 Å². The summed E-state index contributed by atoms with van der Waals surface area (Å²) in [4.78, 5) is 8.98. The Morgan fingerprint density at radius 1 is 1.15 bits per heavy atom. The van der Waals surface area contributed by atoms with Crippen LogP contribution >= 0.6 is 0 Å². The normalized spacial score (nSPS) is 25.9. The van der Waals surface area contributed by atoms with Crippen molar-refractivity contribution in [3.05, 3.63) is 42.5 Å². The zero-order valence-electron chi connectivity index (χ0n) is 15.1. The quantitative estimate of drug-likeness (QED) is 0.786. The third kappa shape index (κ3) is 3.24. The number of hydrogen-bond donors (Lipinski definition) is 0. The van der Waals surface area contributed by atoms with Gasteiger partial charge in [0, 0.05) is 43.3 Å². The van der Waals surface area contributed by atoms with Crippen molar-refractivity contribution in [2.24, 2.45) is 0 Å². The summed E-state index contributed by atoms with van der Waals surface area (Å²) >= 11 is 0. The number of fused-ring (bicyclic) bond motifs is 1. The molecule has 0 N–H and O–H groups in total. The molecule has 8 heteroatoms. The number of imidazole rings is 1. The number of aromatic nitrogens is 2. The number of ether oxygens (including phenoxy) is 1. The van der Waals surface area contributed by atoms with Gasteiger partial charge in [0.2, 0.25) is 0 Å².